The van der Waals surface area contributed by atoms with Crippen LogP contribution in [0.25, 0.3) is 11.1 Å². The normalized spacial score (nSPS) is 13.6. The number of methoxy groups -OCH3 is 1. The molecule has 0 aromatic heterocycles. The maximum Gasteiger partial charge on any atom is 0.407 e. The van der Waals surface area contributed by atoms with E-state index >= 15 is 0 Å². The van der Waals surface area contributed by atoms with Crippen LogP contribution >= 0.6 is 0 Å². The zero-order valence-electron chi connectivity index (χ0n) is 20.1. The van der Waals surface area contributed by atoms with Gasteiger partial charge in [0, 0.05) is 5.92 Å². The van der Waals surface area contributed by atoms with Crippen LogP contribution < -0.4 is 16.0 Å². The number of esters is 1. The number of ether oxygens (including phenoxy) is 2. The maximum atomic E-state index is 12.7. The zero-order chi connectivity index (χ0) is 25.4. The van der Waals surface area contributed by atoms with Crippen LogP contribution in [-0.2, 0) is 23.9 Å². The van der Waals surface area contributed by atoms with Crippen LogP contribution in [0.3, 0.4) is 0 Å². The summed E-state index contributed by atoms with van der Waals surface area (Å²) >= 11 is 0. The highest BCUT2D eigenvalue weighted by atomic mass is 16.5. The summed E-state index contributed by atoms with van der Waals surface area (Å²) in [6.07, 6.45) is -0.0848. The Balaban J connectivity index is 1.58. The summed E-state index contributed by atoms with van der Waals surface area (Å²) in [6, 6.07) is 15.2. The van der Waals surface area contributed by atoms with E-state index in [0.717, 1.165) is 22.3 Å². The van der Waals surface area contributed by atoms with Gasteiger partial charge in [-0.25, -0.2) is 4.79 Å². The molecular formula is C26H31N3O6. The van der Waals surface area contributed by atoms with Gasteiger partial charge in [0.15, 0.2) is 0 Å². The molecular weight excluding hydrogens is 450 g/mol. The van der Waals surface area contributed by atoms with Crippen LogP contribution in [-0.4, -0.2) is 56.7 Å². The second kappa shape index (κ2) is 12.0. The lowest BCUT2D eigenvalue weighted by Crippen LogP contribution is -2.52. The van der Waals surface area contributed by atoms with Crippen LogP contribution in [0, 0.1) is 5.92 Å². The molecule has 3 amide bonds. The molecule has 9 heteroatoms. The van der Waals surface area contributed by atoms with Crippen molar-refractivity contribution in [2.24, 2.45) is 5.92 Å². The van der Waals surface area contributed by atoms with Crippen molar-refractivity contribution in [3.63, 3.8) is 0 Å². The average Bonchev–Trinajstić information content (AvgIpc) is 3.20. The summed E-state index contributed by atoms with van der Waals surface area (Å²) in [5, 5.41) is 7.48. The molecule has 35 heavy (non-hydrogen) atoms. The van der Waals surface area contributed by atoms with E-state index in [-0.39, 0.29) is 31.5 Å². The minimum absolute atomic E-state index is 0.0949. The SMILES string of the molecule is CCC(C)C(NC(=O)OCC1c2ccccc2-c2ccccc21)C(=O)NCC(=O)NCC(=O)OC. The molecule has 0 radical (unpaired) electrons. The Kier molecular flexibility index (Phi) is 8.83. The lowest BCUT2D eigenvalue weighted by atomic mass is 9.98. The number of hydrogen-bond acceptors (Lipinski definition) is 6. The fourth-order valence-electron chi connectivity index (χ4n) is 4.05. The molecule has 2 unspecified atom stereocenters. The first-order chi connectivity index (χ1) is 16.8. The molecule has 3 rings (SSSR count). The molecule has 0 spiro atoms. The topological polar surface area (TPSA) is 123 Å². The first-order valence-corrected chi connectivity index (χ1v) is 11.6. The van der Waals surface area contributed by atoms with Gasteiger partial charge in [-0.05, 0) is 28.2 Å². The maximum absolute atomic E-state index is 12.7. The van der Waals surface area contributed by atoms with Gasteiger partial charge in [-0.15, -0.1) is 0 Å². The fourth-order valence-corrected chi connectivity index (χ4v) is 4.05. The average molecular weight is 482 g/mol. The quantitative estimate of drug-likeness (QED) is 0.448. The lowest BCUT2D eigenvalue weighted by molar-refractivity contribution is -0.141. The molecule has 0 fully saturated rings. The minimum Gasteiger partial charge on any atom is -0.468 e. The van der Waals surface area contributed by atoms with Gasteiger partial charge in [0.25, 0.3) is 0 Å². The minimum atomic E-state index is -0.885. The molecule has 2 aromatic carbocycles. The van der Waals surface area contributed by atoms with Gasteiger partial charge >= 0.3 is 12.1 Å². The van der Waals surface area contributed by atoms with Crippen molar-refractivity contribution in [3.8, 4) is 11.1 Å². The summed E-state index contributed by atoms with van der Waals surface area (Å²) in [5.74, 6) is -1.95. The van der Waals surface area contributed by atoms with Crippen LogP contribution in [0.4, 0.5) is 4.79 Å². The number of hydrogen-bond donors (Lipinski definition) is 3. The summed E-state index contributed by atoms with van der Waals surface area (Å²) in [6.45, 7) is 3.22. The molecule has 0 bridgehead atoms. The second-order valence-electron chi connectivity index (χ2n) is 8.40. The summed E-state index contributed by atoms with van der Waals surface area (Å²) in [7, 11) is 1.21. The van der Waals surface area contributed by atoms with Crippen molar-refractivity contribution in [2.75, 3.05) is 26.8 Å². The van der Waals surface area contributed by atoms with Crippen LogP contribution in [0.5, 0.6) is 0 Å². The molecule has 2 atom stereocenters. The molecule has 2 aromatic rings. The lowest BCUT2D eigenvalue weighted by Gasteiger charge is -2.23. The number of amides is 3. The largest absolute Gasteiger partial charge is 0.468 e. The van der Waals surface area contributed by atoms with Gasteiger partial charge < -0.3 is 25.4 Å². The van der Waals surface area contributed by atoms with Crippen LogP contribution in [0.15, 0.2) is 48.5 Å². The highest BCUT2D eigenvalue weighted by Crippen LogP contribution is 2.44. The Morgan fingerprint density at radius 1 is 0.914 bits per heavy atom. The number of carbonyl (C=O) groups is 4. The number of rotatable bonds is 10. The van der Waals surface area contributed by atoms with E-state index in [1.165, 1.54) is 7.11 Å². The van der Waals surface area contributed by atoms with Gasteiger partial charge in [-0.1, -0.05) is 68.8 Å². The van der Waals surface area contributed by atoms with E-state index < -0.39 is 29.9 Å². The number of carbonyl (C=O) groups excluding carboxylic acids is 4. The predicted molar refractivity (Wildman–Crippen MR) is 129 cm³/mol. The third-order valence-electron chi connectivity index (χ3n) is 6.19. The fraction of sp³-hybridized carbons (Fsp3) is 0.385. The Morgan fingerprint density at radius 3 is 2.09 bits per heavy atom. The monoisotopic (exact) mass is 481 g/mol. The van der Waals surface area contributed by atoms with Gasteiger partial charge in [0.05, 0.1) is 13.7 Å². The van der Waals surface area contributed by atoms with Gasteiger partial charge in [-0.3, -0.25) is 14.4 Å². The second-order valence-corrected chi connectivity index (χ2v) is 8.40. The van der Waals surface area contributed by atoms with Crippen molar-refractivity contribution in [3.05, 3.63) is 59.7 Å². The first kappa shape index (κ1) is 25.7. The van der Waals surface area contributed by atoms with Gasteiger partial charge in [0.1, 0.15) is 19.2 Å². The van der Waals surface area contributed by atoms with Gasteiger partial charge in [-0.2, -0.15) is 0 Å². The van der Waals surface area contributed by atoms with Crippen molar-refractivity contribution in [2.45, 2.75) is 32.2 Å². The highest BCUT2D eigenvalue weighted by molar-refractivity contribution is 5.90. The van der Waals surface area contributed by atoms with Crippen molar-refractivity contribution >= 4 is 23.9 Å². The summed E-state index contributed by atoms with van der Waals surface area (Å²) in [4.78, 5) is 48.4. The molecule has 0 saturated heterocycles. The van der Waals surface area contributed by atoms with E-state index in [2.05, 4.69) is 32.8 Å². The summed E-state index contributed by atoms with van der Waals surface area (Å²) < 4.78 is 10.0. The summed E-state index contributed by atoms with van der Waals surface area (Å²) in [5.41, 5.74) is 4.44. The van der Waals surface area contributed by atoms with E-state index in [1.54, 1.807) is 0 Å². The van der Waals surface area contributed by atoms with Crippen molar-refractivity contribution in [1.82, 2.24) is 16.0 Å². The Morgan fingerprint density at radius 2 is 1.51 bits per heavy atom. The third kappa shape index (κ3) is 6.38. The molecule has 186 valence electrons. The number of benzene rings is 2. The van der Waals surface area contributed by atoms with Gasteiger partial charge in [0.2, 0.25) is 11.8 Å². The molecule has 0 saturated carbocycles. The standard InChI is InChI=1S/C26H31N3O6/c1-4-16(2)24(25(32)28-13-22(30)27-14-23(31)34-3)29-26(33)35-15-21-19-11-7-5-9-17(19)18-10-6-8-12-20(18)21/h5-12,16,21,24H,4,13-15H2,1-3H3,(H,27,30)(H,28,32)(H,29,33). The molecule has 1 aliphatic carbocycles. The van der Waals surface area contributed by atoms with E-state index in [9.17, 15) is 19.2 Å². The molecule has 9 nitrogen and oxygen atoms in total. The molecule has 0 heterocycles. The predicted octanol–water partition coefficient (Wildman–Crippen LogP) is 2.35. The van der Waals surface area contributed by atoms with E-state index in [0.29, 0.717) is 6.42 Å². The Labute approximate surface area is 204 Å². The van der Waals surface area contributed by atoms with Crippen LogP contribution in [0.2, 0.25) is 0 Å². The smallest absolute Gasteiger partial charge is 0.407 e. The third-order valence-corrected chi connectivity index (χ3v) is 6.19. The van der Waals surface area contributed by atoms with E-state index in [1.807, 2.05) is 50.2 Å². The first-order valence-electron chi connectivity index (χ1n) is 11.6. The molecule has 0 aliphatic heterocycles. The Bertz CT molecular complexity index is 1040. The highest BCUT2D eigenvalue weighted by Gasteiger charge is 2.31. The van der Waals surface area contributed by atoms with Crippen molar-refractivity contribution in [1.29, 1.82) is 0 Å². The zero-order valence-corrected chi connectivity index (χ0v) is 20.1. The van der Waals surface area contributed by atoms with Crippen molar-refractivity contribution < 1.29 is 28.7 Å². The van der Waals surface area contributed by atoms with Crippen LogP contribution in [0.1, 0.15) is 37.3 Å². The number of nitrogens with one attached hydrogen (secondary N) is 3. The number of fused-ring (bicyclic) bond motifs is 3. The molecule has 1 aliphatic rings. The number of alkyl carbamates (subject to hydrolysis) is 1. The Hall–Kier alpha value is -3.88. The molecule has 3 N–H and O–H groups in total. The van der Waals surface area contributed by atoms with E-state index in [4.69, 9.17) is 4.74 Å².